The summed E-state index contributed by atoms with van der Waals surface area (Å²) in [4.78, 5) is 0.118. The summed E-state index contributed by atoms with van der Waals surface area (Å²) in [6.45, 7) is 6.77. The fourth-order valence-corrected chi connectivity index (χ4v) is 3.18. The number of unbranched alkanes of at least 4 members (excludes halogenated alkanes) is 6. The van der Waals surface area contributed by atoms with Gasteiger partial charge in [0, 0.05) is 4.87 Å². The van der Waals surface area contributed by atoms with Crippen LogP contribution in [0, 0.1) is 0 Å². The lowest BCUT2D eigenvalue weighted by atomic mass is 9.91. The van der Waals surface area contributed by atoms with Gasteiger partial charge in [0.2, 0.25) is 0 Å². The molecular weight excluding hydrogens is 228 g/mol. The molecule has 0 aromatic rings. The SMILES string of the molecule is CCCCCCCCCC(Cl)(CCC)CCC. The Morgan fingerprint density at radius 1 is 0.588 bits per heavy atom. The Bertz CT molecular complexity index is 148. The molecule has 0 aliphatic rings. The minimum absolute atomic E-state index is 0.118. The second-order valence-corrected chi connectivity index (χ2v) is 6.32. The first-order chi connectivity index (χ1) is 8.18. The van der Waals surface area contributed by atoms with Crippen molar-refractivity contribution >= 4 is 11.6 Å². The van der Waals surface area contributed by atoms with Crippen molar-refractivity contribution < 1.29 is 0 Å². The summed E-state index contributed by atoms with van der Waals surface area (Å²) < 4.78 is 0. The smallest absolute Gasteiger partial charge is 0.0446 e. The third kappa shape index (κ3) is 9.94. The largest absolute Gasteiger partial charge is 0.119 e. The van der Waals surface area contributed by atoms with Gasteiger partial charge in [0.05, 0.1) is 0 Å². The highest BCUT2D eigenvalue weighted by Gasteiger charge is 2.24. The molecule has 0 nitrogen and oxygen atoms in total. The average Bonchev–Trinajstić information content (AvgIpc) is 2.28. The molecule has 0 fully saturated rings. The van der Waals surface area contributed by atoms with Crippen LogP contribution in [-0.4, -0.2) is 4.87 Å². The Morgan fingerprint density at radius 3 is 1.53 bits per heavy atom. The Kier molecular flexibility index (Phi) is 11.6. The van der Waals surface area contributed by atoms with Crippen LogP contribution in [0.1, 0.15) is 97.8 Å². The monoisotopic (exact) mass is 260 g/mol. The van der Waals surface area contributed by atoms with E-state index in [1.165, 1.54) is 77.0 Å². The molecule has 17 heavy (non-hydrogen) atoms. The standard InChI is InChI=1S/C16H33Cl/c1-4-7-8-9-10-11-12-15-16(17,13-5-2)14-6-3/h4-15H2,1-3H3. The topological polar surface area (TPSA) is 0 Å². The maximum Gasteiger partial charge on any atom is 0.0446 e. The van der Waals surface area contributed by atoms with Crippen molar-refractivity contribution in [3.63, 3.8) is 0 Å². The van der Waals surface area contributed by atoms with Gasteiger partial charge < -0.3 is 0 Å². The van der Waals surface area contributed by atoms with Crippen LogP contribution in [0.15, 0.2) is 0 Å². The normalized spacial score (nSPS) is 12.0. The second-order valence-electron chi connectivity index (χ2n) is 5.52. The lowest BCUT2D eigenvalue weighted by Crippen LogP contribution is -2.20. The molecule has 0 unspecified atom stereocenters. The van der Waals surface area contributed by atoms with Gasteiger partial charge in [-0.2, -0.15) is 0 Å². The predicted molar refractivity (Wildman–Crippen MR) is 81.0 cm³/mol. The molecule has 0 aliphatic heterocycles. The number of hydrogen-bond acceptors (Lipinski definition) is 0. The molecule has 0 radical (unpaired) electrons. The lowest BCUT2D eigenvalue weighted by molar-refractivity contribution is 0.423. The zero-order valence-electron chi connectivity index (χ0n) is 12.4. The van der Waals surface area contributed by atoms with Crippen molar-refractivity contribution in [1.29, 1.82) is 0 Å². The first-order valence-corrected chi connectivity index (χ1v) is 8.25. The lowest BCUT2D eigenvalue weighted by Gasteiger charge is -2.26. The molecule has 0 aliphatic carbocycles. The van der Waals surface area contributed by atoms with Crippen molar-refractivity contribution in [2.24, 2.45) is 0 Å². The van der Waals surface area contributed by atoms with E-state index in [1.807, 2.05) is 0 Å². The Morgan fingerprint density at radius 2 is 1.06 bits per heavy atom. The van der Waals surface area contributed by atoms with Crippen LogP contribution in [0.4, 0.5) is 0 Å². The number of alkyl halides is 1. The molecule has 0 aromatic heterocycles. The van der Waals surface area contributed by atoms with Gasteiger partial charge in [-0.25, -0.2) is 0 Å². The molecule has 0 saturated heterocycles. The molecule has 104 valence electrons. The molecule has 0 atom stereocenters. The van der Waals surface area contributed by atoms with Gasteiger partial charge in [0.15, 0.2) is 0 Å². The first-order valence-electron chi connectivity index (χ1n) is 7.87. The molecular formula is C16H33Cl. The predicted octanol–water partition coefficient (Wildman–Crippen LogP) is 6.70. The molecule has 0 rings (SSSR count). The van der Waals surface area contributed by atoms with Crippen LogP contribution in [-0.2, 0) is 0 Å². The van der Waals surface area contributed by atoms with Gasteiger partial charge in [-0.15, -0.1) is 11.6 Å². The van der Waals surface area contributed by atoms with E-state index in [1.54, 1.807) is 0 Å². The zero-order valence-corrected chi connectivity index (χ0v) is 13.1. The van der Waals surface area contributed by atoms with E-state index in [-0.39, 0.29) is 4.87 Å². The number of rotatable bonds is 12. The molecule has 0 heterocycles. The minimum atomic E-state index is 0.118. The fraction of sp³-hybridized carbons (Fsp3) is 1.00. The molecule has 1 heteroatoms. The summed E-state index contributed by atoms with van der Waals surface area (Å²) >= 11 is 6.70. The van der Waals surface area contributed by atoms with Gasteiger partial charge in [-0.3, -0.25) is 0 Å². The average molecular weight is 261 g/mol. The summed E-state index contributed by atoms with van der Waals surface area (Å²) in [5.74, 6) is 0. The van der Waals surface area contributed by atoms with Gasteiger partial charge in [0.25, 0.3) is 0 Å². The highest BCUT2D eigenvalue weighted by atomic mass is 35.5. The summed E-state index contributed by atoms with van der Waals surface area (Å²) in [5, 5.41) is 0. The van der Waals surface area contributed by atoms with Gasteiger partial charge in [0.1, 0.15) is 0 Å². The second kappa shape index (κ2) is 11.4. The van der Waals surface area contributed by atoms with E-state index >= 15 is 0 Å². The fourth-order valence-electron chi connectivity index (χ4n) is 2.67. The van der Waals surface area contributed by atoms with Crippen LogP contribution in [0.2, 0.25) is 0 Å². The Hall–Kier alpha value is 0.290. The van der Waals surface area contributed by atoms with Crippen LogP contribution in [0.3, 0.4) is 0 Å². The van der Waals surface area contributed by atoms with E-state index in [0.717, 1.165) is 0 Å². The zero-order chi connectivity index (χ0) is 13.0. The van der Waals surface area contributed by atoms with Gasteiger partial charge in [-0.05, 0) is 19.3 Å². The van der Waals surface area contributed by atoms with E-state index in [2.05, 4.69) is 20.8 Å². The summed E-state index contributed by atoms with van der Waals surface area (Å²) in [6, 6.07) is 0. The summed E-state index contributed by atoms with van der Waals surface area (Å²) in [5.41, 5.74) is 0. The maximum absolute atomic E-state index is 6.70. The maximum atomic E-state index is 6.70. The quantitative estimate of drug-likeness (QED) is 0.270. The first kappa shape index (κ1) is 17.3. The van der Waals surface area contributed by atoms with Crippen molar-refractivity contribution in [2.75, 3.05) is 0 Å². The van der Waals surface area contributed by atoms with Gasteiger partial charge >= 0.3 is 0 Å². The summed E-state index contributed by atoms with van der Waals surface area (Å²) in [6.07, 6.45) is 15.8. The Labute approximate surface area is 115 Å². The van der Waals surface area contributed by atoms with Crippen LogP contribution < -0.4 is 0 Å². The molecule has 0 spiro atoms. The highest BCUT2D eigenvalue weighted by molar-refractivity contribution is 6.23. The van der Waals surface area contributed by atoms with Crippen LogP contribution >= 0.6 is 11.6 Å². The number of halogens is 1. The van der Waals surface area contributed by atoms with Crippen LogP contribution in [0.5, 0.6) is 0 Å². The molecule has 0 N–H and O–H groups in total. The number of hydrogen-bond donors (Lipinski definition) is 0. The van der Waals surface area contributed by atoms with Crippen molar-refractivity contribution in [3.8, 4) is 0 Å². The summed E-state index contributed by atoms with van der Waals surface area (Å²) in [7, 11) is 0. The van der Waals surface area contributed by atoms with Gasteiger partial charge in [-0.1, -0.05) is 78.6 Å². The minimum Gasteiger partial charge on any atom is -0.119 e. The van der Waals surface area contributed by atoms with Crippen molar-refractivity contribution in [2.45, 2.75) is 103 Å². The molecule has 0 aromatic carbocycles. The van der Waals surface area contributed by atoms with E-state index < -0.39 is 0 Å². The van der Waals surface area contributed by atoms with Crippen molar-refractivity contribution in [1.82, 2.24) is 0 Å². The Balaban J connectivity index is 3.54. The highest BCUT2D eigenvalue weighted by Crippen LogP contribution is 2.33. The van der Waals surface area contributed by atoms with E-state index in [9.17, 15) is 0 Å². The molecule has 0 bridgehead atoms. The third-order valence-corrected chi connectivity index (χ3v) is 4.19. The molecule has 0 saturated carbocycles. The van der Waals surface area contributed by atoms with Crippen molar-refractivity contribution in [3.05, 3.63) is 0 Å². The van der Waals surface area contributed by atoms with E-state index in [4.69, 9.17) is 11.6 Å². The van der Waals surface area contributed by atoms with E-state index in [0.29, 0.717) is 0 Å². The third-order valence-electron chi connectivity index (χ3n) is 3.62. The molecule has 0 amide bonds. The van der Waals surface area contributed by atoms with Crippen LogP contribution in [0.25, 0.3) is 0 Å².